The molecule has 2 unspecified atom stereocenters. The molecule has 19 heavy (non-hydrogen) atoms. The quantitative estimate of drug-likeness (QED) is 0.738. The van der Waals surface area contributed by atoms with E-state index >= 15 is 0 Å². The van der Waals surface area contributed by atoms with Crippen molar-refractivity contribution in [3.8, 4) is 0 Å². The molecular weight excluding hydrogens is 242 g/mol. The molecule has 2 atom stereocenters. The first-order valence-corrected chi connectivity index (χ1v) is 7.64. The van der Waals surface area contributed by atoms with Gasteiger partial charge in [-0.25, -0.2) is 0 Å². The summed E-state index contributed by atoms with van der Waals surface area (Å²) in [4.78, 5) is 26.2. The van der Waals surface area contributed by atoms with Crippen LogP contribution in [0, 0.1) is 5.41 Å². The lowest BCUT2D eigenvalue weighted by molar-refractivity contribution is -0.160. The van der Waals surface area contributed by atoms with Gasteiger partial charge in [-0.1, -0.05) is 25.7 Å². The Morgan fingerprint density at radius 3 is 2.11 bits per heavy atom. The number of nitrogens with zero attached hydrogens (tertiary/aromatic N) is 1. The Balaban J connectivity index is 1.76. The van der Waals surface area contributed by atoms with E-state index in [2.05, 4.69) is 0 Å². The second kappa shape index (κ2) is 4.89. The molecule has 3 aliphatic rings. The topological polar surface area (TPSA) is 57.6 Å². The highest BCUT2D eigenvalue weighted by Crippen LogP contribution is 2.47. The minimum Gasteiger partial charge on any atom is -0.391 e. The molecule has 2 aliphatic carbocycles. The van der Waals surface area contributed by atoms with Crippen LogP contribution in [0.2, 0.25) is 0 Å². The van der Waals surface area contributed by atoms with Gasteiger partial charge < -0.3 is 5.11 Å². The Morgan fingerprint density at radius 2 is 1.53 bits per heavy atom. The van der Waals surface area contributed by atoms with Gasteiger partial charge >= 0.3 is 0 Å². The highest BCUT2D eigenvalue weighted by atomic mass is 16.3. The summed E-state index contributed by atoms with van der Waals surface area (Å²) in [5.41, 5.74) is -0.0374. The van der Waals surface area contributed by atoms with Crippen LogP contribution in [0.25, 0.3) is 0 Å². The number of imide groups is 1. The summed E-state index contributed by atoms with van der Waals surface area (Å²) in [6.45, 7) is 0. The van der Waals surface area contributed by atoms with Crippen molar-refractivity contribution in [1.82, 2.24) is 4.90 Å². The SMILES string of the molecule is O=C1CC2(CCCC2)CC(=O)N1C1CCCCC1O. The van der Waals surface area contributed by atoms with Crippen molar-refractivity contribution in [2.24, 2.45) is 5.41 Å². The van der Waals surface area contributed by atoms with Crippen molar-refractivity contribution in [3.63, 3.8) is 0 Å². The number of aliphatic hydroxyl groups excluding tert-OH is 1. The second-order valence-corrected chi connectivity index (χ2v) is 6.64. The summed E-state index contributed by atoms with van der Waals surface area (Å²) >= 11 is 0. The van der Waals surface area contributed by atoms with Crippen LogP contribution in [0.3, 0.4) is 0 Å². The number of amides is 2. The molecule has 1 aliphatic heterocycles. The van der Waals surface area contributed by atoms with Gasteiger partial charge in [0.1, 0.15) is 0 Å². The lowest BCUT2D eigenvalue weighted by atomic mass is 9.75. The average molecular weight is 265 g/mol. The van der Waals surface area contributed by atoms with Crippen LogP contribution < -0.4 is 0 Å². The van der Waals surface area contributed by atoms with Crippen molar-refractivity contribution in [3.05, 3.63) is 0 Å². The molecule has 1 saturated heterocycles. The molecule has 106 valence electrons. The monoisotopic (exact) mass is 265 g/mol. The molecule has 0 aromatic heterocycles. The van der Waals surface area contributed by atoms with Gasteiger partial charge in [-0.05, 0) is 31.1 Å². The van der Waals surface area contributed by atoms with E-state index in [1.165, 1.54) is 4.90 Å². The van der Waals surface area contributed by atoms with Crippen molar-refractivity contribution in [1.29, 1.82) is 0 Å². The van der Waals surface area contributed by atoms with E-state index in [1.54, 1.807) is 0 Å². The summed E-state index contributed by atoms with van der Waals surface area (Å²) in [5.74, 6) is -0.0757. The van der Waals surface area contributed by atoms with Crippen molar-refractivity contribution in [2.45, 2.75) is 76.4 Å². The van der Waals surface area contributed by atoms with Crippen LogP contribution in [0.5, 0.6) is 0 Å². The number of rotatable bonds is 1. The van der Waals surface area contributed by atoms with E-state index in [0.29, 0.717) is 19.3 Å². The molecule has 0 aromatic rings. The normalized spacial score (nSPS) is 35.1. The lowest BCUT2D eigenvalue weighted by Gasteiger charge is -2.43. The fourth-order valence-electron chi connectivity index (χ4n) is 4.25. The van der Waals surface area contributed by atoms with Gasteiger partial charge in [0.25, 0.3) is 0 Å². The zero-order valence-corrected chi connectivity index (χ0v) is 11.4. The standard InChI is InChI=1S/C15H23NO3/c17-12-6-2-1-5-11(12)16-13(18)9-15(10-14(16)19)7-3-4-8-15/h11-12,17H,1-10H2. The van der Waals surface area contributed by atoms with E-state index < -0.39 is 6.10 Å². The largest absolute Gasteiger partial charge is 0.391 e. The fraction of sp³-hybridized carbons (Fsp3) is 0.867. The minimum absolute atomic E-state index is 0.0374. The van der Waals surface area contributed by atoms with E-state index in [4.69, 9.17) is 0 Å². The molecule has 1 N–H and O–H groups in total. The third-order valence-corrected chi connectivity index (χ3v) is 5.28. The highest BCUT2D eigenvalue weighted by molar-refractivity contribution is 5.99. The van der Waals surface area contributed by atoms with Gasteiger partial charge in [0, 0.05) is 12.8 Å². The van der Waals surface area contributed by atoms with Crippen molar-refractivity contribution in [2.75, 3.05) is 0 Å². The Kier molecular flexibility index (Phi) is 3.37. The summed E-state index contributed by atoms with van der Waals surface area (Å²) < 4.78 is 0. The zero-order valence-electron chi connectivity index (χ0n) is 11.4. The summed E-state index contributed by atoms with van der Waals surface area (Å²) in [6.07, 6.45) is 8.33. The van der Waals surface area contributed by atoms with Crippen LogP contribution in [0.15, 0.2) is 0 Å². The van der Waals surface area contributed by atoms with Crippen LogP contribution >= 0.6 is 0 Å². The van der Waals surface area contributed by atoms with Crippen LogP contribution in [-0.4, -0.2) is 34.0 Å². The molecular formula is C15H23NO3. The van der Waals surface area contributed by atoms with Gasteiger partial charge in [0.15, 0.2) is 0 Å². The average Bonchev–Trinajstić information content (AvgIpc) is 2.78. The Morgan fingerprint density at radius 1 is 0.947 bits per heavy atom. The molecule has 4 nitrogen and oxygen atoms in total. The molecule has 2 saturated carbocycles. The molecule has 2 amide bonds. The summed E-state index contributed by atoms with van der Waals surface area (Å²) in [7, 11) is 0. The molecule has 4 heteroatoms. The zero-order chi connectivity index (χ0) is 13.5. The maximum atomic E-state index is 12.4. The van der Waals surface area contributed by atoms with Crippen LogP contribution in [0.4, 0.5) is 0 Å². The second-order valence-electron chi connectivity index (χ2n) is 6.64. The van der Waals surface area contributed by atoms with E-state index in [-0.39, 0.29) is 23.3 Å². The van der Waals surface area contributed by atoms with Crippen LogP contribution in [0.1, 0.15) is 64.2 Å². The number of likely N-dealkylation sites (tertiary alicyclic amines) is 1. The lowest BCUT2D eigenvalue weighted by Crippen LogP contribution is -2.56. The molecule has 3 rings (SSSR count). The number of carbonyl (C=O) groups is 2. The van der Waals surface area contributed by atoms with Gasteiger partial charge in [-0.15, -0.1) is 0 Å². The van der Waals surface area contributed by atoms with Gasteiger partial charge in [-0.3, -0.25) is 14.5 Å². The first-order valence-electron chi connectivity index (χ1n) is 7.64. The molecule has 3 fully saturated rings. The molecule has 1 spiro atoms. The number of carbonyl (C=O) groups excluding carboxylic acids is 2. The van der Waals surface area contributed by atoms with E-state index in [9.17, 15) is 14.7 Å². The van der Waals surface area contributed by atoms with E-state index in [0.717, 1.165) is 44.9 Å². The molecule has 0 radical (unpaired) electrons. The minimum atomic E-state index is -0.515. The number of aliphatic hydroxyl groups is 1. The van der Waals surface area contributed by atoms with Gasteiger partial charge in [0.05, 0.1) is 12.1 Å². The van der Waals surface area contributed by atoms with Crippen molar-refractivity contribution >= 4 is 11.8 Å². The third kappa shape index (κ3) is 2.31. The maximum Gasteiger partial charge on any atom is 0.230 e. The predicted octanol–water partition coefficient (Wildman–Crippen LogP) is 2.00. The first-order chi connectivity index (χ1) is 9.11. The van der Waals surface area contributed by atoms with Crippen molar-refractivity contribution < 1.29 is 14.7 Å². The smallest absolute Gasteiger partial charge is 0.230 e. The summed E-state index contributed by atoms with van der Waals surface area (Å²) in [5, 5.41) is 10.1. The van der Waals surface area contributed by atoms with E-state index in [1.807, 2.05) is 0 Å². The highest BCUT2D eigenvalue weighted by Gasteiger charge is 2.48. The number of hydrogen-bond acceptors (Lipinski definition) is 3. The number of hydrogen-bond donors (Lipinski definition) is 1. The Bertz CT molecular complexity index is 367. The third-order valence-electron chi connectivity index (χ3n) is 5.28. The Labute approximate surface area is 114 Å². The molecule has 0 bridgehead atoms. The van der Waals surface area contributed by atoms with Crippen LogP contribution in [-0.2, 0) is 9.59 Å². The summed E-state index contributed by atoms with van der Waals surface area (Å²) in [6, 6.07) is -0.257. The molecule has 1 heterocycles. The Hall–Kier alpha value is -0.900. The molecule has 0 aromatic carbocycles. The van der Waals surface area contributed by atoms with Gasteiger partial charge in [-0.2, -0.15) is 0 Å². The maximum absolute atomic E-state index is 12.4. The first kappa shape index (κ1) is 13.1. The number of piperidine rings is 1. The fourth-order valence-corrected chi connectivity index (χ4v) is 4.25. The predicted molar refractivity (Wildman–Crippen MR) is 70.3 cm³/mol. The van der Waals surface area contributed by atoms with Gasteiger partial charge in [0.2, 0.25) is 11.8 Å².